The Morgan fingerprint density at radius 1 is 1.50 bits per heavy atom. The van der Waals surface area contributed by atoms with Crippen molar-refractivity contribution >= 4 is 0 Å². The van der Waals surface area contributed by atoms with Crippen molar-refractivity contribution in [3.05, 3.63) is 6.10 Å². The van der Waals surface area contributed by atoms with Gasteiger partial charge in [-0.25, -0.2) is 6.10 Å². The summed E-state index contributed by atoms with van der Waals surface area (Å²) in [6.45, 7) is 0. The molecule has 33 valence electrons. The summed E-state index contributed by atoms with van der Waals surface area (Å²) in [5, 5.41) is 0. The van der Waals surface area contributed by atoms with E-state index in [9.17, 15) is 0 Å². The topological polar surface area (TPSA) is 9.23 Å². The number of hydrogen-bond acceptors (Lipinski definition) is 1. The van der Waals surface area contributed by atoms with Gasteiger partial charge in [-0.2, -0.15) is 12.8 Å². The Morgan fingerprint density at radius 2 is 2.00 bits per heavy atom. The Kier molecular flexibility index (Phi) is 3.67. The minimum absolute atomic E-state index is 0. The third-order valence-corrected chi connectivity index (χ3v) is 0.743. The maximum atomic E-state index is 4.78. The molecule has 0 spiro atoms. The largest absolute Gasteiger partial charge is 0.551 e. The van der Waals surface area contributed by atoms with Crippen LogP contribution in [-0.4, -0.2) is 7.11 Å². The molecule has 0 aromatic carbocycles. The van der Waals surface area contributed by atoms with E-state index in [-0.39, 0.29) is 32.7 Å². The summed E-state index contributed by atoms with van der Waals surface area (Å²) in [5.41, 5.74) is 0. The maximum Gasteiger partial charge on any atom is 0 e. The van der Waals surface area contributed by atoms with Crippen LogP contribution in [0.5, 0.6) is 0 Å². The predicted octanol–water partition coefficient (Wildman–Crippen LogP) is 0.956. The third kappa shape index (κ3) is 2.27. The SMILES string of the molecule is CO[C-]1CC1.[Y]. The fourth-order valence-electron chi connectivity index (χ4n) is 0.255. The Morgan fingerprint density at radius 3 is 2.00 bits per heavy atom. The van der Waals surface area contributed by atoms with Crippen LogP contribution in [0.25, 0.3) is 0 Å². The normalized spacial score (nSPS) is 19.5. The van der Waals surface area contributed by atoms with Crippen LogP contribution in [0.2, 0.25) is 0 Å². The summed E-state index contributed by atoms with van der Waals surface area (Å²) in [6.07, 6.45) is 3.66. The second-order valence-electron chi connectivity index (χ2n) is 1.24. The van der Waals surface area contributed by atoms with Gasteiger partial charge in [0.1, 0.15) is 0 Å². The molecule has 0 atom stereocenters. The van der Waals surface area contributed by atoms with Gasteiger partial charge in [-0.05, 0) is 7.11 Å². The van der Waals surface area contributed by atoms with Gasteiger partial charge in [0, 0.05) is 32.7 Å². The monoisotopic (exact) mass is 160 g/mol. The van der Waals surface area contributed by atoms with Crippen LogP contribution in [-0.2, 0) is 37.4 Å². The van der Waals surface area contributed by atoms with E-state index in [1.165, 1.54) is 18.9 Å². The first kappa shape index (κ1) is 7.06. The van der Waals surface area contributed by atoms with Gasteiger partial charge in [-0.15, -0.1) is 0 Å². The van der Waals surface area contributed by atoms with Crippen LogP contribution in [0, 0.1) is 6.10 Å². The summed E-state index contributed by atoms with van der Waals surface area (Å²) >= 11 is 0. The molecular weight excluding hydrogens is 153 g/mol. The van der Waals surface area contributed by atoms with E-state index >= 15 is 0 Å². The first-order chi connectivity index (χ1) is 2.43. The third-order valence-electron chi connectivity index (χ3n) is 0.743. The first-order valence-corrected chi connectivity index (χ1v) is 1.82. The van der Waals surface area contributed by atoms with Crippen LogP contribution >= 0.6 is 0 Å². The van der Waals surface area contributed by atoms with Crippen LogP contribution < -0.4 is 0 Å². The molecule has 0 N–H and O–H groups in total. The zero-order valence-corrected chi connectivity index (χ0v) is 6.74. The maximum absolute atomic E-state index is 4.78. The fraction of sp³-hybridized carbons (Fsp3) is 0.750. The Balaban J connectivity index is 0.000000250. The Bertz CT molecular complexity index is 34.5. The van der Waals surface area contributed by atoms with E-state index in [1.807, 2.05) is 0 Å². The van der Waals surface area contributed by atoms with Crippen LogP contribution in [0.4, 0.5) is 0 Å². The second-order valence-corrected chi connectivity index (χ2v) is 1.24. The molecule has 0 amide bonds. The Hall–Kier alpha value is 1.06. The van der Waals surface area contributed by atoms with Gasteiger partial charge >= 0.3 is 0 Å². The molecule has 0 saturated heterocycles. The van der Waals surface area contributed by atoms with E-state index in [2.05, 4.69) is 0 Å². The number of ether oxygens (including phenoxy) is 1. The molecule has 1 saturated carbocycles. The van der Waals surface area contributed by atoms with Crippen molar-refractivity contribution in [3.8, 4) is 0 Å². The smallest absolute Gasteiger partial charge is 0 e. The molecule has 0 aliphatic heterocycles. The van der Waals surface area contributed by atoms with E-state index in [1.54, 1.807) is 7.11 Å². The molecule has 6 heavy (non-hydrogen) atoms. The molecule has 1 aliphatic carbocycles. The van der Waals surface area contributed by atoms with Crippen molar-refractivity contribution in [3.63, 3.8) is 0 Å². The van der Waals surface area contributed by atoms with E-state index in [4.69, 9.17) is 4.74 Å². The fourth-order valence-corrected chi connectivity index (χ4v) is 0.255. The molecule has 1 fully saturated rings. The molecule has 0 unspecified atom stereocenters. The first-order valence-electron chi connectivity index (χ1n) is 1.82. The van der Waals surface area contributed by atoms with Gasteiger partial charge in [0.05, 0.1) is 0 Å². The quantitative estimate of drug-likeness (QED) is 0.519. The minimum Gasteiger partial charge on any atom is -0.551 e. The van der Waals surface area contributed by atoms with E-state index < -0.39 is 0 Å². The van der Waals surface area contributed by atoms with Gasteiger partial charge < -0.3 is 4.74 Å². The molecule has 0 bridgehead atoms. The summed E-state index contributed by atoms with van der Waals surface area (Å²) in [6, 6.07) is 0. The van der Waals surface area contributed by atoms with E-state index in [0.29, 0.717) is 0 Å². The van der Waals surface area contributed by atoms with Crippen molar-refractivity contribution in [2.45, 2.75) is 12.8 Å². The van der Waals surface area contributed by atoms with Crippen molar-refractivity contribution in [1.29, 1.82) is 0 Å². The van der Waals surface area contributed by atoms with Gasteiger partial charge in [0.15, 0.2) is 0 Å². The predicted molar refractivity (Wildman–Crippen MR) is 19.5 cm³/mol. The average molecular weight is 160 g/mol. The molecule has 0 heterocycles. The summed E-state index contributed by atoms with van der Waals surface area (Å²) in [5.74, 6) is 0. The molecule has 1 radical (unpaired) electrons. The molecule has 1 nitrogen and oxygen atoms in total. The van der Waals surface area contributed by atoms with Gasteiger partial charge in [0.2, 0.25) is 0 Å². The van der Waals surface area contributed by atoms with Crippen molar-refractivity contribution in [2.24, 2.45) is 0 Å². The molecule has 0 aromatic heterocycles. The zero-order valence-electron chi connectivity index (χ0n) is 3.90. The van der Waals surface area contributed by atoms with Crippen molar-refractivity contribution in [2.75, 3.05) is 7.11 Å². The number of hydrogen-bond donors (Lipinski definition) is 0. The van der Waals surface area contributed by atoms with Gasteiger partial charge in [-0.1, -0.05) is 0 Å². The van der Waals surface area contributed by atoms with E-state index in [0.717, 1.165) is 0 Å². The van der Waals surface area contributed by atoms with Crippen LogP contribution in [0.15, 0.2) is 0 Å². The summed E-state index contributed by atoms with van der Waals surface area (Å²) < 4.78 is 4.78. The molecule has 1 rings (SSSR count). The minimum atomic E-state index is 0. The van der Waals surface area contributed by atoms with Gasteiger partial charge in [0.25, 0.3) is 0 Å². The molecule has 1 aliphatic rings. The van der Waals surface area contributed by atoms with Crippen molar-refractivity contribution in [1.82, 2.24) is 0 Å². The van der Waals surface area contributed by atoms with Gasteiger partial charge in [-0.3, -0.25) is 0 Å². The molecule has 2 heteroatoms. The second kappa shape index (κ2) is 3.12. The zero-order chi connectivity index (χ0) is 3.70. The standard InChI is InChI=1S/C4H7O.Y/c1-5-4-2-3-4;/h2-3H2,1H3;/q-1;. The van der Waals surface area contributed by atoms with Crippen LogP contribution in [0.1, 0.15) is 12.8 Å². The summed E-state index contributed by atoms with van der Waals surface area (Å²) in [7, 11) is 1.72. The number of methoxy groups -OCH3 is 1. The molecule has 0 aromatic rings. The Labute approximate surface area is 63.3 Å². The average Bonchev–Trinajstić information content (AvgIpc) is 2.12. The molecular formula is C4H7OY-. The summed E-state index contributed by atoms with van der Waals surface area (Å²) in [4.78, 5) is 0. The van der Waals surface area contributed by atoms with Crippen molar-refractivity contribution < 1.29 is 37.4 Å². The van der Waals surface area contributed by atoms with Crippen LogP contribution in [0.3, 0.4) is 0 Å². The number of rotatable bonds is 1.